The zero-order chi connectivity index (χ0) is 20.2. The van der Waals surface area contributed by atoms with Gasteiger partial charge in [0, 0.05) is 11.1 Å². The Kier molecular flexibility index (Phi) is 7.11. The van der Waals surface area contributed by atoms with Crippen molar-refractivity contribution in [3.8, 4) is 5.75 Å². The van der Waals surface area contributed by atoms with Gasteiger partial charge in [-0.25, -0.2) is 13.2 Å². The molecule has 0 bridgehead atoms. The second-order valence-electron chi connectivity index (χ2n) is 6.91. The SMILES string of the molecule is Cc1cc(OCC(=O)OCC(=O)N[C@@H]2CCS(=O)(=O)C2)c(C(C)C)cc1Cl. The number of hydrogen-bond acceptors (Lipinski definition) is 6. The van der Waals surface area contributed by atoms with Crippen molar-refractivity contribution in [3.05, 3.63) is 28.3 Å². The van der Waals surface area contributed by atoms with Gasteiger partial charge >= 0.3 is 5.97 Å². The van der Waals surface area contributed by atoms with Crippen LogP contribution in [0.25, 0.3) is 0 Å². The lowest BCUT2D eigenvalue weighted by Gasteiger charge is -2.16. The van der Waals surface area contributed by atoms with Crippen LogP contribution >= 0.6 is 11.6 Å². The normalized spacial score (nSPS) is 18.3. The van der Waals surface area contributed by atoms with Crippen LogP contribution in [0, 0.1) is 6.92 Å². The van der Waals surface area contributed by atoms with Crippen molar-refractivity contribution in [1.29, 1.82) is 0 Å². The molecule has 1 saturated heterocycles. The molecule has 2 rings (SSSR count). The summed E-state index contributed by atoms with van der Waals surface area (Å²) in [7, 11) is -3.08. The predicted molar refractivity (Wildman–Crippen MR) is 102 cm³/mol. The number of amides is 1. The van der Waals surface area contributed by atoms with E-state index < -0.39 is 34.4 Å². The Morgan fingerprint density at radius 2 is 2.00 bits per heavy atom. The molecule has 1 fully saturated rings. The zero-order valence-electron chi connectivity index (χ0n) is 15.6. The summed E-state index contributed by atoms with van der Waals surface area (Å²) < 4.78 is 33.2. The first-order valence-corrected chi connectivity index (χ1v) is 10.9. The highest BCUT2D eigenvalue weighted by Gasteiger charge is 2.29. The second-order valence-corrected chi connectivity index (χ2v) is 9.55. The van der Waals surface area contributed by atoms with E-state index >= 15 is 0 Å². The Morgan fingerprint density at radius 1 is 1.30 bits per heavy atom. The maximum absolute atomic E-state index is 11.8. The van der Waals surface area contributed by atoms with Crippen molar-refractivity contribution in [2.45, 2.75) is 39.2 Å². The van der Waals surface area contributed by atoms with Gasteiger partial charge in [0.1, 0.15) is 5.75 Å². The van der Waals surface area contributed by atoms with Gasteiger partial charge in [0.05, 0.1) is 11.5 Å². The molecule has 1 heterocycles. The number of hydrogen-bond donors (Lipinski definition) is 1. The zero-order valence-corrected chi connectivity index (χ0v) is 17.2. The van der Waals surface area contributed by atoms with E-state index in [9.17, 15) is 18.0 Å². The third-order valence-electron chi connectivity index (χ3n) is 4.22. The Balaban J connectivity index is 1.81. The van der Waals surface area contributed by atoms with Crippen molar-refractivity contribution in [2.75, 3.05) is 24.7 Å². The minimum absolute atomic E-state index is 0.0598. The first-order valence-electron chi connectivity index (χ1n) is 8.65. The van der Waals surface area contributed by atoms with E-state index in [0.717, 1.165) is 11.1 Å². The van der Waals surface area contributed by atoms with E-state index in [4.69, 9.17) is 21.1 Å². The number of halogens is 1. The molecule has 1 aliphatic rings. The van der Waals surface area contributed by atoms with Crippen LogP contribution in [0.4, 0.5) is 0 Å². The van der Waals surface area contributed by atoms with Gasteiger partial charge in [-0.15, -0.1) is 0 Å². The van der Waals surface area contributed by atoms with Crippen LogP contribution in [0.2, 0.25) is 5.02 Å². The fourth-order valence-electron chi connectivity index (χ4n) is 2.75. The van der Waals surface area contributed by atoms with Crippen molar-refractivity contribution < 1.29 is 27.5 Å². The minimum atomic E-state index is -3.08. The van der Waals surface area contributed by atoms with Crippen LogP contribution in [0.5, 0.6) is 5.75 Å². The Labute approximate surface area is 164 Å². The molecule has 1 atom stereocenters. The van der Waals surface area contributed by atoms with Crippen molar-refractivity contribution in [2.24, 2.45) is 0 Å². The summed E-state index contributed by atoms with van der Waals surface area (Å²) in [5.74, 6) is -0.539. The lowest BCUT2D eigenvalue weighted by Crippen LogP contribution is -2.38. The molecule has 150 valence electrons. The summed E-state index contributed by atoms with van der Waals surface area (Å²) >= 11 is 6.14. The molecule has 1 aromatic rings. The highest BCUT2D eigenvalue weighted by Crippen LogP contribution is 2.31. The maximum Gasteiger partial charge on any atom is 0.344 e. The maximum atomic E-state index is 11.8. The number of aryl methyl sites for hydroxylation is 1. The van der Waals surface area contributed by atoms with Gasteiger partial charge in [-0.2, -0.15) is 0 Å². The lowest BCUT2D eigenvalue weighted by atomic mass is 10.0. The molecule has 0 spiro atoms. The van der Waals surface area contributed by atoms with Gasteiger partial charge in [0.2, 0.25) is 0 Å². The third kappa shape index (κ3) is 6.39. The number of benzene rings is 1. The van der Waals surface area contributed by atoms with Crippen molar-refractivity contribution in [1.82, 2.24) is 5.32 Å². The van der Waals surface area contributed by atoms with E-state index in [2.05, 4.69) is 5.32 Å². The number of rotatable bonds is 7. The highest BCUT2D eigenvalue weighted by molar-refractivity contribution is 7.91. The molecule has 0 radical (unpaired) electrons. The predicted octanol–water partition coefficient (Wildman–Crippen LogP) is 2.00. The second kappa shape index (κ2) is 8.93. The quantitative estimate of drug-likeness (QED) is 0.681. The van der Waals surface area contributed by atoms with Crippen LogP contribution in [0.15, 0.2) is 12.1 Å². The molecule has 27 heavy (non-hydrogen) atoms. The van der Waals surface area contributed by atoms with E-state index in [1.54, 1.807) is 6.07 Å². The highest BCUT2D eigenvalue weighted by atomic mass is 35.5. The molecule has 9 heteroatoms. The van der Waals surface area contributed by atoms with Gasteiger partial charge in [-0.3, -0.25) is 4.79 Å². The molecule has 0 aliphatic carbocycles. The molecule has 1 amide bonds. The average molecular weight is 418 g/mol. The number of nitrogens with one attached hydrogen (secondary N) is 1. The standard InChI is InChI=1S/C18H24ClNO6S/c1-11(2)14-7-15(19)12(3)6-16(14)25-9-18(22)26-8-17(21)20-13-4-5-27(23,24)10-13/h6-7,11,13H,4-5,8-10H2,1-3H3,(H,20,21)/t13-/m1/s1. The van der Waals surface area contributed by atoms with Gasteiger partial charge in [-0.1, -0.05) is 25.4 Å². The molecule has 0 aromatic heterocycles. The summed E-state index contributed by atoms with van der Waals surface area (Å²) in [5.41, 5.74) is 1.70. The molecule has 1 aliphatic heterocycles. The molecule has 0 unspecified atom stereocenters. The first kappa shape index (κ1) is 21.5. The van der Waals surface area contributed by atoms with Crippen LogP contribution < -0.4 is 10.1 Å². The number of ether oxygens (including phenoxy) is 2. The van der Waals surface area contributed by atoms with Crippen molar-refractivity contribution in [3.63, 3.8) is 0 Å². The minimum Gasteiger partial charge on any atom is -0.482 e. The van der Waals surface area contributed by atoms with Gasteiger partial charge in [0.25, 0.3) is 5.91 Å². The van der Waals surface area contributed by atoms with Crippen LogP contribution in [-0.4, -0.2) is 51.1 Å². The fourth-order valence-corrected chi connectivity index (χ4v) is 4.59. The van der Waals surface area contributed by atoms with E-state index in [-0.39, 0.29) is 24.0 Å². The van der Waals surface area contributed by atoms with Gasteiger partial charge < -0.3 is 14.8 Å². The van der Waals surface area contributed by atoms with Crippen LogP contribution in [0.1, 0.15) is 37.3 Å². The monoisotopic (exact) mass is 417 g/mol. The summed E-state index contributed by atoms with van der Waals surface area (Å²) in [5, 5.41) is 3.17. The van der Waals surface area contributed by atoms with Gasteiger partial charge in [-0.05, 0) is 42.5 Å². The summed E-state index contributed by atoms with van der Waals surface area (Å²) in [6.45, 7) is 4.99. The van der Waals surface area contributed by atoms with E-state index in [0.29, 0.717) is 17.2 Å². The fraction of sp³-hybridized carbons (Fsp3) is 0.556. The Hall–Kier alpha value is -1.80. The smallest absolute Gasteiger partial charge is 0.344 e. The van der Waals surface area contributed by atoms with Crippen LogP contribution in [0.3, 0.4) is 0 Å². The van der Waals surface area contributed by atoms with Crippen molar-refractivity contribution >= 4 is 33.3 Å². The van der Waals surface area contributed by atoms with E-state index in [1.165, 1.54) is 0 Å². The Morgan fingerprint density at radius 3 is 2.59 bits per heavy atom. The summed E-state index contributed by atoms with van der Waals surface area (Å²) in [6.07, 6.45) is 0.374. The average Bonchev–Trinajstić information content (AvgIpc) is 2.91. The summed E-state index contributed by atoms with van der Waals surface area (Å²) in [6, 6.07) is 3.15. The number of sulfone groups is 1. The summed E-state index contributed by atoms with van der Waals surface area (Å²) in [4.78, 5) is 23.6. The molecule has 1 N–H and O–H groups in total. The van der Waals surface area contributed by atoms with Crippen LogP contribution in [-0.2, 0) is 24.2 Å². The number of carbonyl (C=O) groups excluding carboxylic acids is 2. The topological polar surface area (TPSA) is 98.8 Å². The largest absolute Gasteiger partial charge is 0.482 e. The molecular weight excluding hydrogens is 394 g/mol. The number of carbonyl (C=O) groups is 2. The molecule has 0 saturated carbocycles. The number of esters is 1. The Bertz CT molecular complexity index is 821. The third-order valence-corrected chi connectivity index (χ3v) is 6.40. The van der Waals surface area contributed by atoms with Gasteiger partial charge in [0.15, 0.2) is 23.1 Å². The van der Waals surface area contributed by atoms with E-state index in [1.807, 2.05) is 26.8 Å². The molecule has 7 nitrogen and oxygen atoms in total. The lowest BCUT2D eigenvalue weighted by molar-refractivity contribution is -0.150. The molecule has 1 aromatic carbocycles. The molecular formula is C18H24ClNO6S. The first-order chi connectivity index (χ1) is 12.6.